The molecule has 0 aliphatic carbocycles. The van der Waals surface area contributed by atoms with Gasteiger partial charge in [-0.3, -0.25) is 5.10 Å². The van der Waals surface area contributed by atoms with Crippen LogP contribution in [0.5, 0.6) is 0 Å². The summed E-state index contributed by atoms with van der Waals surface area (Å²) in [6.45, 7) is 8.26. The van der Waals surface area contributed by atoms with Crippen molar-refractivity contribution in [1.29, 1.82) is 0 Å². The van der Waals surface area contributed by atoms with Gasteiger partial charge in [-0.2, -0.15) is 5.10 Å². The monoisotopic (exact) mass is 191 g/mol. The van der Waals surface area contributed by atoms with Crippen molar-refractivity contribution in [3.8, 4) is 0 Å². The predicted octanol–water partition coefficient (Wildman–Crippen LogP) is 3.11. The number of nitrogens with one attached hydrogen (secondary N) is 1. The van der Waals surface area contributed by atoms with Gasteiger partial charge in [0.15, 0.2) is 5.65 Å². The lowest BCUT2D eigenvalue weighted by atomic mass is 10.1. The van der Waals surface area contributed by atoms with Crippen molar-refractivity contribution in [1.82, 2.24) is 15.2 Å². The van der Waals surface area contributed by atoms with Crippen LogP contribution in [-0.2, 0) is 0 Å². The molecule has 0 amide bonds. The maximum Gasteiger partial charge on any atom is 0.155 e. The molecule has 2 aromatic rings. The minimum Gasteiger partial charge on any atom is -0.261 e. The fourth-order valence-corrected chi connectivity index (χ4v) is 1.16. The van der Waals surface area contributed by atoms with Gasteiger partial charge in [-0.25, -0.2) is 4.98 Å². The van der Waals surface area contributed by atoms with Crippen molar-refractivity contribution in [3.05, 3.63) is 24.0 Å². The number of aromatic amines is 1. The summed E-state index contributed by atoms with van der Waals surface area (Å²) >= 11 is 0. The second-order valence-electron chi connectivity index (χ2n) is 3.20. The molecule has 0 radical (unpaired) electrons. The van der Waals surface area contributed by atoms with E-state index in [0.29, 0.717) is 5.92 Å². The number of hydrogen-bond acceptors (Lipinski definition) is 2. The fourth-order valence-electron chi connectivity index (χ4n) is 1.16. The van der Waals surface area contributed by atoms with E-state index in [1.54, 1.807) is 6.20 Å². The minimum atomic E-state index is 0.470. The maximum atomic E-state index is 4.42. The fraction of sp³-hybridized carbons (Fsp3) is 0.455. The zero-order chi connectivity index (χ0) is 10.6. The lowest BCUT2D eigenvalue weighted by Gasteiger charge is -2.02. The van der Waals surface area contributed by atoms with Gasteiger partial charge in [0.25, 0.3) is 0 Å². The van der Waals surface area contributed by atoms with Crippen LogP contribution in [0.2, 0.25) is 0 Å². The average Bonchev–Trinajstić information content (AvgIpc) is 2.67. The molecule has 0 bridgehead atoms. The molecule has 0 saturated heterocycles. The Bertz CT molecular complexity index is 390. The summed E-state index contributed by atoms with van der Waals surface area (Å²) in [6.07, 6.45) is 1.78. The molecule has 0 fully saturated rings. The Morgan fingerprint density at radius 2 is 1.93 bits per heavy atom. The third kappa shape index (κ3) is 2.10. The van der Waals surface area contributed by atoms with Crippen LogP contribution in [0.3, 0.4) is 0 Å². The lowest BCUT2D eigenvalue weighted by Crippen LogP contribution is -1.91. The summed E-state index contributed by atoms with van der Waals surface area (Å²) in [4.78, 5) is 4.42. The molecule has 3 heteroatoms. The minimum absolute atomic E-state index is 0.470. The van der Waals surface area contributed by atoms with Gasteiger partial charge in [0.2, 0.25) is 0 Å². The topological polar surface area (TPSA) is 41.6 Å². The second-order valence-corrected chi connectivity index (χ2v) is 3.20. The van der Waals surface area contributed by atoms with Gasteiger partial charge in [-0.05, 0) is 18.1 Å². The highest BCUT2D eigenvalue weighted by atomic mass is 15.1. The molecule has 2 aromatic heterocycles. The number of rotatable bonds is 1. The average molecular weight is 191 g/mol. The number of pyridine rings is 1. The predicted molar refractivity (Wildman–Crippen MR) is 59.3 cm³/mol. The summed E-state index contributed by atoms with van der Waals surface area (Å²) in [7, 11) is 0. The number of aromatic nitrogens is 3. The first kappa shape index (κ1) is 10.7. The van der Waals surface area contributed by atoms with Crippen LogP contribution in [0.4, 0.5) is 0 Å². The molecule has 0 saturated carbocycles. The lowest BCUT2D eigenvalue weighted by molar-refractivity contribution is 0.827. The quantitative estimate of drug-likeness (QED) is 0.752. The third-order valence-electron chi connectivity index (χ3n) is 1.91. The zero-order valence-electron chi connectivity index (χ0n) is 9.20. The summed E-state index contributed by atoms with van der Waals surface area (Å²) in [6, 6.07) is 4.09. The van der Waals surface area contributed by atoms with Crippen molar-refractivity contribution in [2.75, 3.05) is 0 Å². The van der Waals surface area contributed by atoms with Crippen molar-refractivity contribution in [2.45, 2.75) is 33.6 Å². The smallest absolute Gasteiger partial charge is 0.155 e. The van der Waals surface area contributed by atoms with Gasteiger partial charge in [-0.15, -0.1) is 0 Å². The molecule has 0 atom stereocenters. The van der Waals surface area contributed by atoms with Gasteiger partial charge in [-0.1, -0.05) is 27.7 Å². The molecular weight excluding hydrogens is 174 g/mol. The van der Waals surface area contributed by atoms with E-state index in [1.165, 1.54) is 0 Å². The summed E-state index contributed by atoms with van der Waals surface area (Å²) in [5.74, 6) is 0.470. The van der Waals surface area contributed by atoms with Crippen molar-refractivity contribution in [3.63, 3.8) is 0 Å². The van der Waals surface area contributed by atoms with Gasteiger partial charge < -0.3 is 0 Å². The first-order valence-corrected chi connectivity index (χ1v) is 5.07. The normalized spacial score (nSPS) is 10.1. The molecule has 2 heterocycles. The highest BCUT2D eigenvalue weighted by Gasteiger charge is 2.02. The molecule has 76 valence electrons. The van der Waals surface area contributed by atoms with E-state index in [1.807, 2.05) is 26.0 Å². The van der Waals surface area contributed by atoms with Crippen LogP contribution in [0.25, 0.3) is 11.0 Å². The van der Waals surface area contributed by atoms with Gasteiger partial charge in [0.1, 0.15) is 0 Å². The van der Waals surface area contributed by atoms with Gasteiger partial charge in [0, 0.05) is 11.1 Å². The van der Waals surface area contributed by atoms with Crippen LogP contribution >= 0.6 is 0 Å². The second kappa shape index (κ2) is 4.74. The number of fused-ring (bicyclic) bond motifs is 1. The van der Waals surface area contributed by atoms with Crippen LogP contribution < -0.4 is 0 Å². The molecule has 0 aromatic carbocycles. The molecule has 2 rings (SSSR count). The molecule has 0 aliphatic heterocycles. The third-order valence-corrected chi connectivity index (χ3v) is 1.91. The Hall–Kier alpha value is -1.38. The van der Waals surface area contributed by atoms with E-state index in [9.17, 15) is 0 Å². The molecule has 3 nitrogen and oxygen atoms in total. The molecule has 14 heavy (non-hydrogen) atoms. The van der Waals surface area contributed by atoms with E-state index < -0.39 is 0 Å². The Kier molecular flexibility index (Phi) is 3.63. The van der Waals surface area contributed by atoms with E-state index in [2.05, 4.69) is 29.0 Å². The van der Waals surface area contributed by atoms with E-state index in [-0.39, 0.29) is 0 Å². The number of nitrogens with zero attached hydrogens (tertiary/aromatic N) is 2. The summed E-state index contributed by atoms with van der Waals surface area (Å²) < 4.78 is 0. The first-order valence-electron chi connectivity index (χ1n) is 5.07. The van der Waals surface area contributed by atoms with Crippen LogP contribution in [0.15, 0.2) is 18.3 Å². The number of hydrogen-bond donors (Lipinski definition) is 1. The zero-order valence-corrected chi connectivity index (χ0v) is 9.20. The molecule has 0 spiro atoms. The Morgan fingerprint density at radius 3 is 2.57 bits per heavy atom. The highest BCUT2D eigenvalue weighted by Crippen LogP contribution is 2.14. The van der Waals surface area contributed by atoms with E-state index in [4.69, 9.17) is 0 Å². The van der Waals surface area contributed by atoms with Crippen LogP contribution in [-0.4, -0.2) is 15.2 Å². The largest absolute Gasteiger partial charge is 0.261 e. The van der Waals surface area contributed by atoms with Crippen molar-refractivity contribution in [2.24, 2.45) is 0 Å². The van der Waals surface area contributed by atoms with Crippen molar-refractivity contribution < 1.29 is 0 Å². The van der Waals surface area contributed by atoms with E-state index >= 15 is 0 Å². The Morgan fingerprint density at radius 1 is 1.21 bits per heavy atom. The molecular formula is C11H17N3. The number of H-pyrrole nitrogens is 1. The Balaban J connectivity index is 0.000000461. The first-order chi connectivity index (χ1) is 6.77. The van der Waals surface area contributed by atoms with Gasteiger partial charge in [0.05, 0.1) is 6.20 Å². The summed E-state index contributed by atoms with van der Waals surface area (Å²) in [5, 5.41) is 7.84. The SMILES string of the molecule is CC.CC(C)c1ccc2cn[nH]c2n1. The Labute approximate surface area is 84.6 Å². The molecule has 1 N–H and O–H groups in total. The summed E-state index contributed by atoms with van der Waals surface area (Å²) in [5.41, 5.74) is 1.98. The standard InChI is InChI=1S/C9H11N3.C2H6/c1-6(2)8-4-3-7-5-10-12-9(7)11-8;1-2/h3-6H,1-2H3,(H,10,11,12);1-2H3. The van der Waals surface area contributed by atoms with Gasteiger partial charge >= 0.3 is 0 Å². The van der Waals surface area contributed by atoms with Crippen molar-refractivity contribution >= 4 is 11.0 Å². The van der Waals surface area contributed by atoms with E-state index in [0.717, 1.165) is 16.7 Å². The van der Waals surface area contributed by atoms with Crippen LogP contribution in [0.1, 0.15) is 39.3 Å². The molecule has 0 aliphatic rings. The maximum absolute atomic E-state index is 4.42. The highest BCUT2D eigenvalue weighted by molar-refractivity contribution is 5.73. The molecule has 0 unspecified atom stereocenters. The van der Waals surface area contributed by atoms with Crippen LogP contribution in [0, 0.1) is 0 Å².